The topological polar surface area (TPSA) is 61.8 Å². The average molecular weight is 376 g/mol. The Bertz CT molecular complexity index is 895. The standard InChI is InChI=1S/C23H24N2O3/c1-28-22-10-6-5-9-20(22)17-25(15-16-26)23(27)24-21-13-11-19(12-14-21)18-7-3-2-4-8-18/h2-14,26H,15-17H2,1H3,(H,24,27). The molecule has 3 aromatic rings. The fraction of sp³-hybridized carbons (Fsp3) is 0.174. The molecule has 144 valence electrons. The van der Waals surface area contributed by atoms with E-state index in [1.165, 1.54) is 0 Å². The highest BCUT2D eigenvalue weighted by molar-refractivity contribution is 5.89. The summed E-state index contributed by atoms with van der Waals surface area (Å²) in [4.78, 5) is 14.3. The first-order chi connectivity index (χ1) is 13.7. The molecule has 0 aliphatic rings. The van der Waals surface area contributed by atoms with E-state index in [4.69, 9.17) is 4.74 Å². The lowest BCUT2D eigenvalue weighted by molar-refractivity contribution is 0.184. The number of anilines is 1. The first-order valence-electron chi connectivity index (χ1n) is 9.15. The highest BCUT2D eigenvalue weighted by atomic mass is 16.5. The van der Waals surface area contributed by atoms with Gasteiger partial charge >= 0.3 is 6.03 Å². The van der Waals surface area contributed by atoms with Gasteiger partial charge in [0, 0.05) is 17.8 Å². The van der Waals surface area contributed by atoms with E-state index in [-0.39, 0.29) is 19.2 Å². The molecule has 3 aromatic carbocycles. The molecular weight excluding hydrogens is 352 g/mol. The van der Waals surface area contributed by atoms with Crippen molar-refractivity contribution in [1.29, 1.82) is 0 Å². The SMILES string of the molecule is COc1ccccc1CN(CCO)C(=O)Nc1ccc(-c2ccccc2)cc1. The van der Waals surface area contributed by atoms with Gasteiger partial charge in [0.15, 0.2) is 0 Å². The number of methoxy groups -OCH3 is 1. The van der Waals surface area contributed by atoms with Crippen LogP contribution in [0.3, 0.4) is 0 Å². The summed E-state index contributed by atoms with van der Waals surface area (Å²) in [5.41, 5.74) is 3.79. The van der Waals surface area contributed by atoms with Gasteiger partial charge in [0.2, 0.25) is 0 Å². The molecule has 0 unspecified atom stereocenters. The first kappa shape index (κ1) is 19.5. The number of nitrogens with one attached hydrogen (secondary N) is 1. The van der Waals surface area contributed by atoms with Crippen LogP contribution in [-0.4, -0.2) is 36.3 Å². The second-order valence-corrected chi connectivity index (χ2v) is 6.33. The highest BCUT2D eigenvalue weighted by Gasteiger charge is 2.16. The summed E-state index contributed by atoms with van der Waals surface area (Å²) < 4.78 is 5.36. The summed E-state index contributed by atoms with van der Waals surface area (Å²) in [6, 6.07) is 25.0. The van der Waals surface area contributed by atoms with E-state index in [9.17, 15) is 9.90 Å². The fourth-order valence-electron chi connectivity index (χ4n) is 2.99. The maximum absolute atomic E-state index is 12.7. The van der Waals surface area contributed by atoms with E-state index < -0.39 is 0 Å². The van der Waals surface area contributed by atoms with Gasteiger partial charge in [-0.05, 0) is 29.3 Å². The van der Waals surface area contributed by atoms with E-state index >= 15 is 0 Å². The van der Waals surface area contributed by atoms with Crippen molar-refractivity contribution >= 4 is 11.7 Å². The minimum absolute atomic E-state index is 0.116. The van der Waals surface area contributed by atoms with E-state index in [1.807, 2.05) is 78.9 Å². The Morgan fingerprint density at radius 1 is 0.929 bits per heavy atom. The molecule has 0 atom stereocenters. The van der Waals surface area contributed by atoms with Crippen LogP contribution in [0.5, 0.6) is 5.75 Å². The van der Waals surface area contributed by atoms with Crippen LogP contribution in [0.15, 0.2) is 78.9 Å². The number of amides is 2. The Labute approximate surface area is 165 Å². The minimum Gasteiger partial charge on any atom is -0.496 e. The lowest BCUT2D eigenvalue weighted by Crippen LogP contribution is -2.36. The minimum atomic E-state index is -0.271. The molecule has 2 N–H and O–H groups in total. The molecule has 0 aliphatic carbocycles. The van der Waals surface area contributed by atoms with Crippen molar-refractivity contribution < 1.29 is 14.6 Å². The molecule has 5 nitrogen and oxygen atoms in total. The number of hydrogen-bond donors (Lipinski definition) is 2. The van der Waals surface area contributed by atoms with E-state index in [2.05, 4.69) is 5.32 Å². The van der Waals surface area contributed by atoms with Gasteiger partial charge in [0.05, 0.1) is 20.3 Å². The molecule has 0 aromatic heterocycles. The third kappa shape index (κ3) is 4.90. The van der Waals surface area contributed by atoms with Gasteiger partial charge < -0.3 is 20.1 Å². The number of aliphatic hydroxyl groups is 1. The monoisotopic (exact) mass is 376 g/mol. The number of benzene rings is 3. The van der Waals surface area contributed by atoms with E-state index in [0.717, 1.165) is 16.7 Å². The molecule has 0 spiro atoms. The molecular formula is C23H24N2O3. The van der Waals surface area contributed by atoms with Gasteiger partial charge in [0.25, 0.3) is 0 Å². The number of ether oxygens (including phenoxy) is 1. The summed E-state index contributed by atoms with van der Waals surface area (Å²) >= 11 is 0. The van der Waals surface area contributed by atoms with Crippen LogP contribution < -0.4 is 10.1 Å². The van der Waals surface area contributed by atoms with Gasteiger partial charge in [-0.15, -0.1) is 0 Å². The largest absolute Gasteiger partial charge is 0.496 e. The Morgan fingerprint density at radius 3 is 2.25 bits per heavy atom. The third-order valence-electron chi connectivity index (χ3n) is 4.45. The Balaban J connectivity index is 1.70. The molecule has 28 heavy (non-hydrogen) atoms. The van der Waals surface area contributed by atoms with Gasteiger partial charge in [0.1, 0.15) is 5.75 Å². The van der Waals surface area contributed by atoms with Crippen molar-refractivity contribution in [3.63, 3.8) is 0 Å². The van der Waals surface area contributed by atoms with Crippen molar-refractivity contribution in [3.05, 3.63) is 84.4 Å². The molecule has 0 aliphatic heterocycles. The summed E-state index contributed by atoms with van der Waals surface area (Å²) in [6.45, 7) is 0.458. The van der Waals surface area contributed by atoms with Crippen molar-refractivity contribution in [1.82, 2.24) is 4.90 Å². The van der Waals surface area contributed by atoms with Gasteiger partial charge in [-0.2, -0.15) is 0 Å². The number of hydrogen-bond acceptors (Lipinski definition) is 3. The van der Waals surface area contributed by atoms with Crippen LogP contribution in [0.2, 0.25) is 0 Å². The van der Waals surface area contributed by atoms with Crippen LogP contribution in [-0.2, 0) is 6.54 Å². The number of nitrogens with zero attached hydrogens (tertiary/aromatic N) is 1. The van der Waals surface area contributed by atoms with Crippen molar-refractivity contribution in [2.24, 2.45) is 0 Å². The Hall–Kier alpha value is -3.31. The summed E-state index contributed by atoms with van der Waals surface area (Å²) in [7, 11) is 1.60. The maximum atomic E-state index is 12.7. The molecule has 0 bridgehead atoms. The summed E-state index contributed by atoms with van der Waals surface area (Å²) in [6.07, 6.45) is 0. The van der Waals surface area contributed by atoms with Crippen LogP contribution in [0.4, 0.5) is 10.5 Å². The molecule has 0 fully saturated rings. The van der Waals surface area contributed by atoms with Crippen LogP contribution in [0, 0.1) is 0 Å². The molecule has 0 saturated heterocycles. The smallest absolute Gasteiger partial charge is 0.322 e. The highest BCUT2D eigenvalue weighted by Crippen LogP contribution is 2.22. The average Bonchev–Trinajstić information content (AvgIpc) is 2.75. The van der Waals surface area contributed by atoms with Crippen LogP contribution >= 0.6 is 0 Å². The lowest BCUT2D eigenvalue weighted by Gasteiger charge is -2.23. The Kier molecular flexibility index (Phi) is 6.65. The number of urea groups is 1. The zero-order valence-electron chi connectivity index (χ0n) is 15.8. The summed E-state index contributed by atoms with van der Waals surface area (Å²) in [5.74, 6) is 0.713. The third-order valence-corrected chi connectivity index (χ3v) is 4.45. The molecule has 3 rings (SSSR count). The molecule has 0 saturated carbocycles. The second kappa shape index (κ2) is 9.58. The number of carbonyl (C=O) groups excluding carboxylic acids is 1. The number of aliphatic hydroxyl groups excluding tert-OH is 1. The maximum Gasteiger partial charge on any atom is 0.322 e. The molecule has 0 heterocycles. The first-order valence-corrected chi connectivity index (χ1v) is 9.15. The molecule has 0 radical (unpaired) electrons. The second-order valence-electron chi connectivity index (χ2n) is 6.33. The summed E-state index contributed by atoms with van der Waals surface area (Å²) in [5, 5.41) is 12.3. The predicted octanol–water partition coefficient (Wildman–Crippen LogP) is 4.39. The van der Waals surface area contributed by atoms with Crippen LogP contribution in [0.1, 0.15) is 5.56 Å². The van der Waals surface area contributed by atoms with Crippen molar-refractivity contribution in [3.8, 4) is 16.9 Å². The normalized spacial score (nSPS) is 10.4. The lowest BCUT2D eigenvalue weighted by atomic mass is 10.1. The van der Waals surface area contributed by atoms with Gasteiger partial charge in [-0.1, -0.05) is 60.7 Å². The zero-order chi connectivity index (χ0) is 19.8. The van der Waals surface area contributed by atoms with Crippen LogP contribution in [0.25, 0.3) is 11.1 Å². The number of carbonyl (C=O) groups is 1. The quantitative estimate of drug-likeness (QED) is 0.643. The van der Waals surface area contributed by atoms with E-state index in [1.54, 1.807) is 12.0 Å². The Morgan fingerprint density at radius 2 is 1.57 bits per heavy atom. The van der Waals surface area contributed by atoms with Gasteiger partial charge in [-0.25, -0.2) is 4.79 Å². The molecule has 2 amide bonds. The fourth-order valence-corrected chi connectivity index (χ4v) is 2.99. The zero-order valence-corrected chi connectivity index (χ0v) is 15.8. The van der Waals surface area contributed by atoms with Crippen molar-refractivity contribution in [2.75, 3.05) is 25.6 Å². The number of rotatable bonds is 7. The number of para-hydroxylation sites is 1. The van der Waals surface area contributed by atoms with E-state index in [0.29, 0.717) is 18.0 Å². The molecule has 5 heteroatoms. The van der Waals surface area contributed by atoms with Crippen molar-refractivity contribution in [2.45, 2.75) is 6.54 Å². The predicted molar refractivity (Wildman–Crippen MR) is 111 cm³/mol. The van der Waals surface area contributed by atoms with Gasteiger partial charge in [-0.3, -0.25) is 0 Å².